The highest BCUT2D eigenvalue weighted by molar-refractivity contribution is 9.08. The molecule has 1 rings (SSSR count). The van der Waals surface area contributed by atoms with Crippen molar-refractivity contribution in [3.05, 3.63) is 35.1 Å². The van der Waals surface area contributed by atoms with Crippen LogP contribution >= 0.6 is 15.9 Å². The summed E-state index contributed by atoms with van der Waals surface area (Å²) in [6.07, 6.45) is 1.02. The summed E-state index contributed by atoms with van der Waals surface area (Å²) in [6.45, 7) is 0. The van der Waals surface area contributed by atoms with Gasteiger partial charge in [-0.2, -0.15) is 0 Å². The lowest BCUT2D eigenvalue weighted by Crippen LogP contribution is -1.88. The largest absolute Gasteiger partial charge is 0.308 e. The van der Waals surface area contributed by atoms with Crippen LogP contribution in [0.1, 0.15) is 11.1 Å². The van der Waals surface area contributed by atoms with E-state index in [1.165, 1.54) is 6.07 Å². The molecule has 0 bridgehead atoms. The Bertz CT molecular complexity index is 273. The maximum absolute atomic E-state index is 12.7. The van der Waals surface area contributed by atoms with Gasteiger partial charge in [0.1, 0.15) is 5.82 Å². The van der Waals surface area contributed by atoms with Crippen molar-refractivity contribution in [2.45, 2.75) is 5.33 Å². The molecular formula is C8H7BrFN. The zero-order chi connectivity index (χ0) is 8.27. The van der Waals surface area contributed by atoms with Crippen LogP contribution in [0.3, 0.4) is 0 Å². The summed E-state index contributed by atoms with van der Waals surface area (Å²) in [5.74, 6) is -0.343. The Kier molecular flexibility index (Phi) is 2.76. The van der Waals surface area contributed by atoms with Crippen molar-refractivity contribution in [1.82, 2.24) is 0 Å². The van der Waals surface area contributed by atoms with Crippen molar-refractivity contribution in [2.75, 3.05) is 0 Å². The third kappa shape index (κ3) is 1.87. The number of nitrogens with one attached hydrogen (secondary N) is 1. The highest BCUT2D eigenvalue weighted by Crippen LogP contribution is 2.10. The molecule has 0 atom stereocenters. The molecule has 0 unspecified atom stereocenters. The Labute approximate surface area is 72.9 Å². The van der Waals surface area contributed by atoms with Gasteiger partial charge < -0.3 is 5.41 Å². The molecule has 0 radical (unpaired) electrons. The standard InChI is InChI=1S/C8H7BrFN/c9-4-6-1-2-8(10)7(3-6)5-11/h1-3,5,11H,4H2. The van der Waals surface area contributed by atoms with Gasteiger partial charge in [-0.1, -0.05) is 22.0 Å². The van der Waals surface area contributed by atoms with Crippen molar-refractivity contribution in [3.63, 3.8) is 0 Å². The van der Waals surface area contributed by atoms with Crippen LogP contribution in [0.5, 0.6) is 0 Å². The van der Waals surface area contributed by atoms with E-state index in [1.807, 2.05) is 0 Å². The molecule has 0 spiro atoms. The van der Waals surface area contributed by atoms with Gasteiger partial charge in [0.15, 0.2) is 0 Å². The van der Waals surface area contributed by atoms with E-state index in [-0.39, 0.29) is 5.82 Å². The van der Waals surface area contributed by atoms with E-state index in [2.05, 4.69) is 15.9 Å². The smallest absolute Gasteiger partial charge is 0.131 e. The fourth-order valence-corrected chi connectivity index (χ4v) is 1.14. The first-order valence-corrected chi connectivity index (χ1v) is 4.25. The molecule has 0 aliphatic rings. The number of benzene rings is 1. The summed E-state index contributed by atoms with van der Waals surface area (Å²) in [5, 5.41) is 7.56. The molecule has 1 N–H and O–H groups in total. The van der Waals surface area contributed by atoms with Gasteiger partial charge in [-0.3, -0.25) is 0 Å². The number of halogens is 2. The van der Waals surface area contributed by atoms with Crippen LogP contribution in [0.4, 0.5) is 4.39 Å². The second-order valence-electron chi connectivity index (χ2n) is 2.13. The molecule has 1 aromatic rings. The zero-order valence-corrected chi connectivity index (χ0v) is 7.36. The average Bonchev–Trinajstić information content (AvgIpc) is 2.05. The molecule has 0 saturated heterocycles. The summed E-state index contributed by atoms with van der Waals surface area (Å²) in [4.78, 5) is 0. The van der Waals surface area contributed by atoms with E-state index in [1.54, 1.807) is 12.1 Å². The SMILES string of the molecule is N=Cc1cc(CBr)ccc1F. The monoisotopic (exact) mass is 215 g/mol. The predicted molar refractivity (Wildman–Crippen MR) is 46.9 cm³/mol. The van der Waals surface area contributed by atoms with Crippen molar-refractivity contribution < 1.29 is 4.39 Å². The maximum Gasteiger partial charge on any atom is 0.131 e. The van der Waals surface area contributed by atoms with Crippen LogP contribution < -0.4 is 0 Å². The van der Waals surface area contributed by atoms with Crippen LogP contribution in [0, 0.1) is 11.2 Å². The van der Waals surface area contributed by atoms with Crippen LogP contribution in [0.15, 0.2) is 18.2 Å². The van der Waals surface area contributed by atoms with Gasteiger partial charge in [0.05, 0.1) is 0 Å². The molecule has 1 nitrogen and oxygen atoms in total. The first kappa shape index (κ1) is 8.40. The minimum Gasteiger partial charge on any atom is -0.308 e. The molecule has 0 aromatic heterocycles. The van der Waals surface area contributed by atoms with E-state index in [9.17, 15) is 4.39 Å². The van der Waals surface area contributed by atoms with Crippen molar-refractivity contribution in [2.24, 2.45) is 0 Å². The van der Waals surface area contributed by atoms with Gasteiger partial charge in [0, 0.05) is 17.1 Å². The van der Waals surface area contributed by atoms with E-state index in [4.69, 9.17) is 5.41 Å². The second-order valence-corrected chi connectivity index (χ2v) is 2.69. The fraction of sp³-hybridized carbons (Fsp3) is 0.125. The number of hydrogen-bond donors (Lipinski definition) is 1. The number of rotatable bonds is 2. The van der Waals surface area contributed by atoms with E-state index >= 15 is 0 Å². The Hall–Kier alpha value is -0.700. The number of alkyl halides is 1. The van der Waals surface area contributed by atoms with Gasteiger partial charge >= 0.3 is 0 Å². The summed E-state index contributed by atoms with van der Waals surface area (Å²) >= 11 is 3.25. The summed E-state index contributed by atoms with van der Waals surface area (Å²) in [7, 11) is 0. The molecule has 58 valence electrons. The molecule has 1 aromatic carbocycles. The van der Waals surface area contributed by atoms with E-state index < -0.39 is 0 Å². The molecular weight excluding hydrogens is 209 g/mol. The average molecular weight is 216 g/mol. The molecule has 0 aliphatic heterocycles. The highest BCUT2D eigenvalue weighted by atomic mass is 79.9. The van der Waals surface area contributed by atoms with Crippen LogP contribution in [-0.2, 0) is 5.33 Å². The predicted octanol–water partition coefficient (Wildman–Crippen LogP) is 2.72. The normalized spacial score (nSPS) is 9.64. The van der Waals surface area contributed by atoms with E-state index in [0.717, 1.165) is 11.8 Å². The molecule has 0 aliphatic carbocycles. The van der Waals surface area contributed by atoms with Crippen LogP contribution in [-0.4, -0.2) is 6.21 Å². The molecule has 0 fully saturated rings. The molecule has 0 heterocycles. The van der Waals surface area contributed by atoms with Gasteiger partial charge in [-0.25, -0.2) is 4.39 Å². The third-order valence-corrected chi connectivity index (χ3v) is 2.02. The zero-order valence-electron chi connectivity index (χ0n) is 5.77. The van der Waals surface area contributed by atoms with Crippen molar-refractivity contribution in [1.29, 1.82) is 5.41 Å². The Balaban J connectivity index is 3.12. The quantitative estimate of drug-likeness (QED) is 0.580. The van der Waals surface area contributed by atoms with Gasteiger partial charge in [-0.05, 0) is 17.7 Å². The second kappa shape index (κ2) is 3.62. The van der Waals surface area contributed by atoms with E-state index in [0.29, 0.717) is 10.9 Å². The van der Waals surface area contributed by atoms with Gasteiger partial charge in [0.25, 0.3) is 0 Å². The summed E-state index contributed by atoms with van der Waals surface area (Å²) in [6, 6.07) is 4.71. The Morgan fingerprint density at radius 3 is 2.82 bits per heavy atom. The molecule has 0 saturated carbocycles. The van der Waals surface area contributed by atoms with Crippen LogP contribution in [0.25, 0.3) is 0 Å². The Morgan fingerprint density at radius 2 is 2.27 bits per heavy atom. The lowest BCUT2D eigenvalue weighted by Gasteiger charge is -1.97. The summed E-state index contributed by atoms with van der Waals surface area (Å²) in [5.41, 5.74) is 1.31. The Morgan fingerprint density at radius 1 is 1.55 bits per heavy atom. The lowest BCUT2D eigenvalue weighted by molar-refractivity contribution is 0.625. The maximum atomic E-state index is 12.7. The molecule has 11 heavy (non-hydrogen) atoms. The first-order valence-electron chi connectivity index (χ1n) is 3.13. The number of hydrogen-bond acceptors (Lipinski definition) is 1. The van der Waals surface area contributed by atoms with Crippen molar-refractivity contribution in [3.8, 4) is 0 Å². The lowest BCUT2D eigenvalue weighted by atomic mass is 10.1. The minimum absolute atomic E-state index is 0.335. The minimum atomic E-state index is -0.343. The third-order valence-electron chi connectivity index (χ3n) is 1.37. The molecule has 0 amide bonds. The van der Waals surface area contributed by atoms with Gasteiger partial charge in [0.2, 0.25) is 0 Å². The van der Waals surface area contributed by atoms with Crippen molar-refractivity contribution >= 4 is 22.1 Å². The highest BCUT2D eigenvalue weighted by Gasteiger charge is 1.98. The van der Waals surface area contributed by atoms with Crippen LogP contribution in [0.2, 0.25) is 0 Å². The topological polar surface area (TPSA) is 23.9 Å². The molecule has 3 heteroatoms. The first-order chi connectivity index (χ1) is 5.27. The summed E-state index contributed by atoms with van der Waals surface area (Å²) < 4.78 is 12.7. The fourth-order valence-electron chi connectivity index (χ4n) is 0.787. The van der Waals surface area contributed by atoms with Gasteiger partial charge in [-0.15, -0.1) is 0 Å².